The molecule has 0 spiro atoms. The summed E-state index contributed by atoms with van der Waals surface area (Å²) in [6, 6.07) is 8.65. The maximum Gasteiger partial charge on any atom is 0.231 e. The third kappa shape index (κ3) is 3.99. The second-order valence-corrected chi connectivity index (χ2v) is 8.29. The fraction of sp³-hybridized carbons (Fsp3) is 0.478. The van der Waals surface area contributed by atoms with Crippen LogP contribution in [0.3, 0.4) is 0 Å². The van der Waals surface area contributed by atoms with E-state index in [1.54, 1.807) is 7.11 Å². The van der Waals surface area contributed by atoms with Gasteiger partial charge in [0.05, 0.1) is 31.4 Å². The van der Waals surface area contributed by atoms with Crippen molar-refractivity contribution in [2.75, 3.05) is 49.4 Å². The summed E-state index contributed by atoms with van der Waals surface area (Å²) >= 11 is 0. The average molecular weight is 423 g/mol. The molecular formula is C23H30N6O2. The van der Waals surface area contributed by atoms with Gasteiger partial charge in [0.2, 0.25) is 5.95 Å². The van der Waals surface area contributed by atoms with Gasteiger partial charge in [-0.1, -0.05) is 19.3 Å². The highest BCUT2D eigenvalue weighted by molar-refractivity contribution is 5.88. The fourth-order valence-electron chi connectivity index (χ4n) is 4.69. The average Bonchev–Trinajstić information content (AvgIpc) is 3.25. The first-order chi connectivity index (χ1) is 15.2. The number of hydrogen-bond donors (Lipinski definition) is 2. The number of rotatable bonds is 5. The molecule has 31 heavy (non-hydrogen) atoms. The number of anilines is 4. The lowest BCUT2D eigenvalue weighted by atomic mass is 9.95. The summed E-state index contributed by atoms with van der Waals surface area (Å²) < 4.78 is 13.4. The number of benzene rings is 1. The zero-order chi connectivity index (χ0) is 21.2. The van der Waals surface area contributed by atoms with Gasteiger partial charge in [-0.3, -0.25) is 0 Å². The molecule has 1 aliphatic carbocycles. The van der Waals surface area contributed by atoms with Crippen LogP contribution in [-0.2, 0) is 4.74 Å². The maximum atomic E-state index is 6.29. The molecule has 1 aromatic carbocycles. The molecule has 3 N–H and O–H groups in total. The predicted octanol–water partition coefficient (Wildman–Crippen LogP) is 4.11. The smallest absolute Gasteiger partial charge is 0.231 e. The molecule has 0 bridgehead atoms. The molecule has 164 valence electrons. The van der Waals surface area contributed by atoms with Gasteiger partial charge in [0.15, 0.2) is 0 Å². The van der Waals surface area contributed by atoms with Crippen LogP contribution in [0.1, 0.15) is 38.1 Å². The van der Waals surface area contributed by atoms with Gasteiger partial charge in [-0.05, 0) is 31.0 Å². The summed E-state index contributed by atoms with van der Waals surface area (Å²) in [7, 11) is 1.68. The van der Waals surface area contributed by atoms with E-state index in [-0.39, 0.29) is 0 Å². The first-order valence-corrected chi connectivity index (χ1v) is 11.1. The van der Waals surface area contributed by atoms with Crippen LogP contribution in [0.2, 0.25) is 0 Å². The monoisotopic (exact) mass is 422 g/mol. The third-order valence-electron chi connectivity index (χ3n) is 6.38. The predicted molar refractivity (Wildman–Crippen MR) is 123 cm³/mol. The number of morpholine rings is 1. The highest BCUT2D eigenvalue weighted by Crippen LogP contribution is 2.35. The lowest BCUT2D eigenvalue weighted by Gasteiger charge is -2.29. The summed E-state index contributed by atoms with van der Waals surface area (Å²) in [5.74, 6) is 1.72. The van der Waals surface area contributed by atoms with Gasteiger partial charge < -0.3 is 30.0 Å². The van der Waals surface area contributed by atoms with E-state index < -0.39 is 0 Å². The van der Waals surface area contributed by atoms with Gasteiger partial charge >= 0.3 is 0 Å². The van der Waals surface area contributed by atoms with E-state index in [0.717, 1.165) is 54.5 Å². The van der Waals surface area contributed by atoms with Crippen LogP contribution >= 0.6 is 0 Å². The minimum absolute atomic E-state index is 0.482. The fourth-order valence-corrected chi connectivity index (χ4v) is 4.69. The van der Waals surface area contributed by atoms with Crippen molar-refractivity contribution < 1.29 is 9.47 Å². The molecule has 1 aliphatic heterocycles. The van der Waals surface area contributed by atoms with Crippen LogP contribution in [0, 0.1) is 0 Å². The van der Waals surface area contributed by atoms with Crippen molar-refractivity contribution in [1.82, 2.24) is 14.5 Å². The molecule has 1 saturated heterocycles. The Kier molecular flexibility index (Phi) is 5.55. The normalized spacial score (nSPS) is 17.8. The van der Waals surface area contributed by atoms with Gasteiger partial charge in [0.1, 0.15) is 17.2 Å². The number of fused-ring (bicyclic) bond motifs is 1. The van der Waals surface area contributed by atoms with Crippen LogP contribution < -0.4 is 20.7 Å². The van der Waals surface area contributed by atoms with Crippen LogP contribution in [0.4, 0.5) is 23.1 Å². The molecule has 0 unspecified atom stereocenters. The quantitative estimate of drug-likeness (QED) is 0.639. The first-order valence-electron chi connectivity index (χ1n) is 11.1. The molecule has 0 radical (unpaired) electrons. The molecule has 2 aliphatic rings. The molecule has 2 fully saturated rings. The number of aromatic nitrogens is 3. The Hall–Kier alpha value is -3.00. The molecular weight excluding hydrogens is 392 g/mol. The standard InChI is InChI=1S/C23H30N6O2/c1-30-20-15-17(28-11-13-31-14-12-28)7-8-19(20)25-23-26-21(24)18-9-10-29(22(18)27-23)16-5-3-2-4-6-16/h7-10,15-16H,2-6,11-14H2,1H3,(H3,24,25,26,27). The summed E-state index contributed by atoms with van der Waals surface area (Å²) in [6.07, 6.45) is 8.33. The minimum Gasteiger partial charge on any atom is -0.494 e. The number of nitrogens with two attached hydrogens (primary N) is 1. The molecule has 3 aromatic rings. The molecule has 0 amide bonds. The van der Waals surface area contributed by atoms with Gasteiger partial charge in [-0.15, -0.1) is 0 Å². The van der Waals surface area contributed by atoms with Crippen molar-refractivity contribution in [3.8, 4) is 5.75 Å². The lowest BCUT2D eigenvalue weighted by Crippen LogP contribution is -2.36. The highest BCUT2D eigenvalue weighted by Gasteiger charge is 2.20. The number of methoxy groups -OCH3 is 1. The van der Waals surface area contributed by atoms with Crippen molar-refractivity contribution >= 4 is 34.2 Å². The molecule has 1 saturated carbocycles. The number of ether oxygens (including phenoxy) is 2. The first kappa shape index (κ1) is 19.9. The zero-order valence-electron chi connectivity index (χ0n) is 18.0. The summed E-state index contributed by atoms with van der Waals surface area (Å²) in [5.41, 5.74) is 9.12. The molecule has 0 atom stereocenters. The Morgan fingerprint density at radius 3 is 2.68 bits per heavy atom. The zero-order valence-corrected chi connectivity index (χ0v) is 18.0. The van der Waals surface area contributed by atoms with E-state index in [2.05, 4.69) is 32.0 Å². The van der Waals surface area contributed by atoms with Crippen LogP contribution in [0.25, 0.3) is 11.0 Å². The van der Waals surface area contributed by atoms with E-state index in [0.29, 0.717) is 17.8 Å². The summed E-state index contributed by atoms with van der Waals surface area (Å²) in [4.78, 5) is 11.6. The van der Waals surface area contributed by atoms with Crippen molar-refractivity contribution in [1.29, 1.82) is 0 Å². The minimum atomic E-state index is 0.482. The topological polar surface area (TPSA) is 90.5 Å². The third-order valence-corrected chi connectivity index (χ3v) is 6.38. The second-order valence-electron chi connectivity index (χ2n) is 8.29. The summed E-state index contributed by atoms with van der Waals surface area (Å²) in [6.45, 7) is 3.25. The lowest BCUT2D eigenvalue weighted by molar-refractivity contribution is 0.122. The maximum absolute atomic E-state index is 6.29. The highest BCUT2D eigenvalue weighted by atomic mass is 16.5. The molecule has 2 aromatic heterocycles. The van der Waals surface area contributed by atoms with E-state index in [1.807, 2.05) is 18.2 Å². The van der Waals surface area contributed by atoms with Crippen molar-refractivity contribution in [3.05, 3.63) is 30.5 Å². The van der Waals surface area contributed by atoms with Gasteiger partial charge in [-0.2, -0.15) is 9.97 Å². The Balaban J connectivity index is 1.44. The Bertz CT molecular complexity index is 1050. The van der Waals surface area contributed by atoms with Gasteiger partial charge in [-0.25, -0.2) is 0 Å². The number of nitrogens with zero attached hydrogens (tertiary/aromatic N) is 4. The molecule has 8 nitrogen and oxygen atoms in total. The van der Waals surface area contributed by atoms with Gasteiger partial charge in [0, 0.05) is 37.1 Å². The SMILES string of the molecule is COc1cc(N2CCOCC2)ccc1Nc1nc(N)c2ccn(C3CCCCC3)c2n1. The Morgan fingerprint density at radius 1 is 1.10 bits per heavy atom. The number of nitrogen functional groups attached to an aromatic ring is 1. The number of nitrogens with one attached hydrogen (secondary N) is 1. The van der Waals surface area contributed by atoms with Crippen LogP contribution in [0.15, 0.2) is 30.5 Å². The van der Waals surface area contributed by atoms with E-state index in [9.17, 15) is 0 Å². The van der Waals surface area contributed by atoms with Crippen molar-refractivity contribution in [2.24, 2.45) is 0 Å². The molecule has 8 heteroatoms. The molecule has 3 heterocycles. The summed E-state index contributed by atoms with van der Waals surface area (Å²) in [5, 5.41) is 4.23. The van der Waals surface area contributed by atoms with E-state index in [1.165, 1.54) is 32.1 Å². The van der Waals surface area contributed by atoms with Crippen LogP contribution in [0.5, 0.6) is 5.75 Å². The molecule has 5 rings (SSSR count). The van der Waals surface area contributed by atoms with Crippen molar-refractivity contribution in [2.45, 2.75) is 38.1 Å². The van der Waals surface area contributed by atoms with Crippen LogP contribution in [-0.4, -0.2) is 47.9 Å². The van der Waals surface area contributed by atoms with Crippen molar-refractivity contribution in [3.63, 3.8) is 0 Å². The van der Waals surface area contributed by atoms with Gasteiger partial charge in [0.25, 0.3) is 0 Å². The van der Waals surface area contributed by atoms with E-state index in [4.69, 9.17) is 20.2 Å². The van der Waals surface area contributed by atoms with E-state index >= 15 is 0 Å². The Labute approximate surface area is 182 Å². The Morgan fingerprint density at radius 2 is 1.90 bits per heavy atom. The second kappa shape index (κ2) is 8.63. The largest absolute Gasteiger partial charge is 0.494 e. The number of hydrogen-bond acceptors (Lipinski definition) is 7.